The lowest BCUT2D eigenvalue weighted by Crippen LogP contribution is -2.07. The molecule has 0 saturated heterocycles. The Labute approximate surface area is 126 Å². The molecule has 0 aromatic heterocycles. The Hall–Kier alpha value is -0.880. The van der Waals surface area contributed by atoms with Crippen molar-refractivity contribution in [2.24, 2.45) is 0 Å². The molecule has 0 radical (unpaired) electrons. The van der Waals surface area contributed by atoms with Gasteiger partial charge in [-0.2, -0.15) is 11.8 Å². The van der Waals surface area contributed by atoms with E-state index in [4.69, 9.17) is 10.8 Å². The minimum atomic E-state index is -1.01. The number of carboxylic acids is 1. The zero-order valence-electron chi connectivity index (χ0n) is 10.9. The molecule has 0 heterocycles. The Morgan fingerprint density at radius 1 is 1.42 bits per heavy atom. The predicted molar refractivity (Wildman–Crippen MR) is 86.2 cm³/mol. The summed E-state index contributed by atoms with van der Waals surface area (Å²) in [6.07, 6.45) is 5.56. The van der Waals surface area contributed by atoms with E-state index in [2.05, 4.69) is 27.5 Å². The maximum Gasteiger partial charge on any atom is 0.337 e. The lowest BCUT2D eigenvalue weighted by Gasteiger charge is -2.11. The SMILES string of the molecule is CSCCCCCNc1cc(C(=O)O)c(N)cc1Br. The van der Waals surface area contributed by atoms with E-state index >= 15 is 0 Å². The van der Waals surface area contributed by atoms with Crippen LogP contribution in [0.1, 0.15) is 29.6 Å². The third kappa shape index (κ3) is 5.32. The van der Waals surface area contributed by atoms with Gasteiger partial charge < -0.3 is 16.2 Å². The summed E-state index contributed by atoms with van der Waals surface area (Å²) in [4.78, 5) is 11.0. The van der Waals surface area contributed by atoms with Crippen LogP contribution in [0.15, 0.2) is 16.6 Å². The summed E-state index contributed by atoms with van der Waals surface area (Å²) in [7, 11) is 0. The number of thioether (sulfide) groups is 1. The molecule has 1 rings (SSSR count). The van der Waals surface area contributed by atoms with E-state index in [0.717, 1.165) is 23.1 Å². The Morgan fingerprint density at radius 2 is 2.16 bits per heavy atom. The van der Waals surface area contributed by atoms with Gasteiger partial charge in [0.25, 0.3) is 0 Å². The third-order valence-corrected chi connectivity index (χ3v) is 4.06. The summed E-state index contributed by atoms with van der Waals surface area (Å²) >= 11 is 5.24. The van der Waals surface area contributed by atoms with Crippen LogP contribution in [0.5, 0.6) is 0 Å². The smallest absolute Gasteiger partial charge is 0.337 e. The number of halogens is 1. The molecule has 0 aliphatic rings. The van der Waals surface area contributed by atoms with E-state index in [0.29, 0.717) is 0 Å². The summed E-state index contributed by atoms with van der Waals surface area (Å²) in [6.45, 7) is 0.829. The van der Waals surface area contributed by atoms with Crippen molar-refractivity contribution in [1.82, 2.24) is 0 Å². The van der Waals surface area contributed by atoms with Crippen molar-refractivity contribution < 1.29 is 9.90 Å². The van der Waals surface area contributed by atoms with Gasteiger partial charge in [-0.05, 0) is 52.9 Å². The Morgan fingerprint density at radius 3 is 2.79 bits per heavy atom. The molecule has 0 bridgehead atoms. The lowest BCUT2D eigenvalue weighted by atomic mass is 10.1. The number of rotatable bonds is 8. The number of hydrogen-bond acceptors (Lipinski definition) is 4. The minimum Gasteiger partial charge on any atom is -0.478 e. The molecule has 0 amide bonds. The van der Waals surface area contributed by atoms with Crippen LogP contribution in [0.25, 0.3) is 0 Å². The normalized spacial score (nSPS) is 10.4. The second-order valence-corrected chi connectivity index (χ2v) is 6.04. The van der Waals surface area contributed by atoms with Gasteiger partial charge in [-0.25, -0.2) is 4.79 Å². The average molecular weight is 347 g/mol. The fourth-order valence-corrected chi connectivity index (χ4v) is 2.67. The summed E-state index contributed by atoms with van der Waals surface area (Å²) in [6, 6.07) is 3.20. The number of nitrogen functional groups attached to an aromatic ring is 1. The molecule has 1 aromatic carbocycles. The highest BCUT2D eigenvalue weighted by molar-refractivity contribution is 9.10. The number of carbonyl (C=O) groups is 1. The fourth-order valence-electron chi connectivity index (χ4n) is 1.68. The van der Waals surface area contributed by atoms with Crippen LogP contribution in [0.3, 0.4) is 0 Å². The molecule has 0 saturated carbocycles. The highest BCUT2D eigenvalue weighted by atomic mass is 79.9. The highest BCUT2D eigenvalue weighted by Gasteiger charge is 2.11. The van der Waals surface area contributed by atoms with Crippen molar-refractivity contribution in [3.8, 4) is 0 Å². The molecule has 4 N–H and O–H groups in total. The molecule has 0 atom stereocenters. The van der Waals surface area contributed by atoms with Gasteiger partial charge >= 0.3 is 5.97 Å². The molecule has 1 aromatic rings. The molecule has 4 nitrogen and oxygen atoms in total. The van der Waals surface area contributed by atoms with Crippen LogP contribution in [0, 0.1) is 0 Å². The topological polar surface area (TPSA) is 75.3 Å². The van der Waals surface area contributed by atoms with E-state index < -0.39 is 5.97 Å². The zero-order valence-corrected chi connectivity index (χ0v) is 13.3. The first-order valence-electron chi connectivity index (χ1n) is 6.11. The number of benzene rings is 1. The monoisotopic (exact) mass is 346 g/mol. The first kappa shape index (κ1) is 16.2. The predicted octanol–water partition coefficient (Wildman–Crippen LogP) is 3.67. The summed E-state index contributed by atoms with van der Waals surface area (Å²) in [5, 5.41) is 12.3. The number of nitrogens with one attached hydrogen (secondary N) is 1. The largest absolute Gasteiger partial charge is 0.478 e. The third-order valence-electron chi connectivity index (χ3n) is 2.71. The van der Waals surface area contributed by atoms with E-state index in [9.17, 15) is 4.79 Å². The van der Waals surface area contributed by atoms with Crippen molar-refractivity contribution in [2.45, 2.75) is 19.3 Å². The van der Waals surface area contributed by atoms with E-state index in [1.54, 1.807) is 12.1 Å². The molecular weight excluding hydrogens is 328 g/mol. The molecule has 0 aliphatic carbocycles. The van der Waals surface area contributed by atoms with Crippen LogP contribution in [0.2, 0.25) is 0 Å². The molecule has 0 spiro atoms. The van der Waals surface area contributed by atoms with Gasteiger partial charge in [-0.3, -0.25) is 0 Å². The van der Waals surface area contributed by atoms with Crippen molar-refractivity contribution in [2.75, 3.05) is 29.6 Å². The van der Waals surface area contributed by atoms with Gasteiger partial charge in [0.05, 0.1) is 5.56 Å². The number of hydrogen-bond donors (Lipinski definition) is 3. The van der Waals surface area contributed by atoms with Crippen LogP contribution >= 0.6 is 27.7 Å². The summed E-state index contributed by atoms with van der Waals surface area (Å²) < 4.78 is 0.791. The van der Waals surface area contributed by atoms with Crippen molar-refractivity contribution >= 4 is 45.0 Å². The number of aromatic carboxylic acids is 1. The van der Waals surface area contributed by atoms with Crippen LogP contribution in [-0.2, 0) is 0 Å². The van der Waals surface area contributed by atoms with Gasteiger partial charge in [0.1, 0.15) is 0 Å². The first-order chi connectivity index (χ1) is 9.06. The maximum atomic E-state index is 11.0. The maximum absolute atomic E-state index is 11.0. The van der Waals surface area contributed by atoms with E-state index in [1.165, 1.54) is 18.6 Å². The van der Waals surface area contributed by atoms with Gasteiger partial charge in [-0.1, -0.05) is 6.42 Å². The molecule has 106 valence electrons. The molecule has 0 fully saturated rings. The van der Waals surface area contributed by atoms with E-state index in [1.807, 2.05) is 11.8 Å². The number of carboxylic acid groups (broad SMARTS) is 1. The number of anilines is 2. The van der Waals surface area contributed by atoms with Gasteiger partial charge in [0.15, 0.2) is 0 Å². The summed E-state index contributed by atoms with van der Waals surface area (Å²) in [5.74, 6) is 0.183. The molecule has 0 unspecified atom stereocenters. The summed E-state index contributed by atoms with van der Waals surface area (Å²) in [5.41, 5.74) is 6.84. The van der Waals surface area contributed by atoms with Crippen molar-refractivity contribution in [3.05, 3.63) is 22.2 Å². The minimum absolute atomic E-state index is 0.132. The second-order valence-electron chi connectivity index (χ2n) is 4.20. The van der Waals surface area contributed by atoms with E-state index in [-0.39, 0.29) is 11.3 Å². The Bertz CT molecular complexity index is 441. The molecular formula is C13H19BrN2O2S. The average Bonchev–Trinajstić information content (AvgIpc) is 2.35. The Balaban J connectivity index is 2.53. The fraction of sp³-hybridized carbons (Fsp3) is 0.462. The quantitative estimate of drug-likeness (QED) is 0.494. The first-order valence-corrected chi connectivity index (χ1v) is 8.30. The second kappa shape index (κ2) is 8.32. The van der Waals surface area contributed by atoms with Gasteiger partial charge in [0.2, 0.25) is 0 Å². The van der Waals surface area contributed by atoms with Crippen LogP contribution < -0.4 is 11.1 Å². The molecule has 0 aliphatic heterocycles. The lowest BCUT2D eigenvalue weighted by molar-refractivity contribution is 0.0698. The van der Waals surface area contributed by atoms with Crippen molar-refractivity contribution in [3.63, 3.8) is 0 Å². The van der Waals surface area contributed by atoms with Gasteiger partial charge in [-0.15, -0.1) is 0 Å². The van der Waals surface area contributed by atoms with Crippen LogP contribution in [0.4, 0.5) is 11.4 Å². The highest BCUT2D eigenvalue weighted by Crippen LogP contribution is 2.28. The Kier molecular flexibility index (Phi) is 7.09. The van der Waals surface area contributed by atoms with Gasteiger partial charge in [0, 0.05) is 22.4 Å². The van der Waals surface area contributed by atoms with Crippen LogP contribution in [-0.4, -0.2) is 29.6 Å². The standard InChI is InChI=1S/C13H19BrN2O2S/c1-19-6-4-2-3-5-16-12-7-9(13(17)18)11(15)8-10(12)14/h7-8,16H,2-6,15H2,1H3,(H,17,18). The number of unbranched alkanes of at least 4 members (excludes halogenated alkanes) is 2. The zero-order chi connectivity index (χ0) is 14.3. The molecule has 19 heavy (non-hydrogen) atoms. The van der Waals surface area contributed by atoms with Crippen molar-refractivity contribution in [1.29, 1.82) is 0 Å². The molecule has 6 heteroatoms. The number of nitrogens with two attached hydrogens (primary N) is 1.